The summed E-state index contributed by atoms with van der Waals surface area (Å²) < 4.78 is 0. The van der Waals surface area contributed by atoms with Gasteiger partial charge in [0.05, 0.1) is 23.3 Å². The van der Waals surface area contributed by atoms with Gasteiger partial charge in [-0.3, -0.25) is 0 Å². The Bertz CT molecular complexity index is 633. The van der Waals surface area contributed by atoms with E-state index in [2.05, 4.69) is 44.0 Å². The molecule has 2 aromatic carbocycles. The quantitative estimate of drug-likeness (QED) is 0.558. The van der Waals surface area contributed by atoms with Gasteiger partial charge in [-0.25, -0.2) is 0 Å². The molecule has 0 heterocycles. The standard InChI is InChI=1S/2C9H8BrN/c2*1-7(10)9-4-2-3-8(5-9)6-11/h2*2-5,7H,1H3. The summed E-state index contributed by atoms with van der Waals surface area (Å²) in [6.45, 7) is 4.08. The minimum atomic E-state index is 0.316. The van der Waals surface area contributed by atoms with Crippen molar-refractivity contribution in [2.24, 2.45) is 0 Å². The van der Waals surface area contributed by atoms with E-state index in [9.17, 15) is 0 Å². The van der Waals surface area contributed by atoms with E-state index < -0.39 is 0 Å². The summed E-state index contributed by atoms with van der Waals surface area (Å²) in [7, 11) is 0. The second kappa shape index (κ2) is 9.41. The van der Waals surface area contributed by atoms with Gasteiger partial charge in [-0.05, 0) is 49.2 Å². The van der Waals surface area contributed by atoms with Gasteiger partial charge < -0.3 is 0 Å². The van der Waals surface area contributed by atoms with Gasteiger partial charge in [0.15, 0.2) is 0 Å². The summed E-state index contributed by atoms with van der Waals surface area (Å²) in [4.78, 5) is 0.631. The van der Waals surface area contributed by atoms with Crippen LogP contribution in [-0.2, 0) is 0 Å². The molecule has 2 atom stereocenters. The number of halogens is 2. The second-order valence-corrected chi connectivity index (χ2v) is 7.45. The molecule has 0 saturated heterocycles. The Morgan fingerprint density at radius 1 is 0.773 bits per heavy atom. The van der Waals surface area contributed by atoms with Crippen molar-refractivity contribution >= 4 is 31.9 Å². The maximum absolute atomic E-state index is 8.58. The summed E-state index contributed by atoms with van der Waals surface area (Å²) in [5.74, 6) is 0. The SMILES string of the molecule is CC(Br)c1cccc(C#N)c1.CC(Br)c1cccc(C#N)c1. The first-order valence-corrected chi connectivity index (χ1v) is 8.59. The maximum atomic E-state index is 8.58. The van der Waals surface area contributed by atoms with Crippen LogP contribution in [-0.4, -0.2) is 0 Å². The minimum Gasteiger partial charge on any atom is -0.192 e. The molecule has 0 aliphatic rings. The van der Waals surface area contributed by atoms with E-state index in [4.69, 9.17) is 10.5 Å². The lowest BCUT2D eigenvalue weighted by atomic mass is 10.1. The van der Waals surface area contributed by atoms with Gasteiger partial charge in [0, 0.05) is 9.65 Å². The highest BCUT2D eigenvalue weighted by Gasteiger charge is 2.00. The molecular formula is C18H16Br2N2. The number of hydrogen-bond acceptors (Lipinski definition) is 2. The summed E-state index contributed by atoms with van der Waals surface area (Å²) in [5.41, 5.74) is 3.72. The van der Waals surface area contributed by atoms with Crippen molar-refractivity contribution in [3.8, 4) is 12.1 Å². The molecule has 0 bridgehead atoms. The Morgan fingerprint density at radius 3 is 1.41 bits per heavy atom. The molecule has 0 aromatic heterocycles. The predicted molar refractivity (Wildman–Crippen MR) is 97.0 cm³/mol. The normalized spacial score (nSPS) is 12.1. The molecule has 2 nitrogen and oxygen atoms in total. The van der Waals surface area contributed by atoms with Crippen molar-refractivity contribution < 1.29 is 0 Å². The lowest BCUT2D eigenvalue weighted by Gasteiger charge is -2.01. The molecule has 0 spiro atoms. The van der Waals surface area contributed by atoms with Crippen molar-refractivity contribution in [2.45, 2.75) is 23.5 Å². The molecule has 0 fully saturated rings. The fourth-order valence-electron chi connectivity index (χ4n) is 1.71. The summed E-state index contributed by atoms with van der Waals surface area (Å²) in [6.07, 6.45) is 0. The van der Waals surface area contributed by atoms with Crippen molar-refractivity contribution in [2.75, 3.05) is 0 Å². The third-order valence-corrected chi connectivity index (χ3v) is 4.01. The van der Waals surface area contributed by atoms with E-state index in [-0.39, 0.29) is 0 Å². The van der Waals surface area contributed by atoms with Crippen LogP contribution in [0.25, 0.3) is 0 Å². The molecule has 2 aromatic rings. The van der Waals surface area contributed by atoms with Gasteiger partial charge in [0.25, 0.3) is 0 Å². The van der Waals surface area contributed by atoms with Crippen LogP contribution in [0.5, 0.6) is 0 Å². The first-order valence-electron chi connectivity index (χ1n) is 6.76. The van der Waals surface area contributed by atoms with E-state index in [1.54, 1.807) is 12.1 Å². The van der Waals surface area contributed by atoms with Gasteiger partial charge in [-0.2, -0.15) is 10.5 Å². The zero-order valence-electron chi connectivity index (χ0n) is 12.4. The van der Waals surface area contributed by atoms with Crippen LogP contribution in [0.1, 0.15) is 45.8 Å². The third-order valence-electron chi connectivity index (χ3n) is 2.95. The van der Waals surface area contributed by atoms with Crippen molar-refractivity contribution in [1.82, 2.24) is 0 Å². The highest BCUT2D eigenvalue weighted by Crippen LogP contribution is 2.22. The lowest BCUT2D eigenvalue weighted by Crippen LogP contribution is -1.83. The number of hydrogen-bond donors (Lipinski definition) is 0. The molecule has 2 rings (SSSR count). The van der Waals surface area contributed by atoms with Gasteiger partial charge in [0.1, 0.15) is 0 Å². The average molecular weight is 420 g/mol. The molecule has 4 heteroatoms. The van der Waals surface area contributed by atoms with Crippen LogP contribution in [0.2, 0.25) is 0 Å². The Kier molecular flexibility index (Phi) is 7.88. The zero-order valence-corrected chi connectivity index (χ0v) is 15.6. The molecule has 0 amide bonds. The summed E-state index contributed by atoms with van der Waals surface area (Å²) in [5, 5.41) is 17.2. The van der Waals surface area contributed by atoms with E-state index >= 15 is 0 Å². The van der Waals surface area contributed by atoms with Gasteiger partial charge in [-0.1, -0.05) is 56.1 Å². The van der Waals surface area contributed by atoms with Crippen LogP contribution in [0.3, 0.4) is 0 Å². The van der Waals surface area contributed by atoms with E-state index in [0.717, 1.165) is 11.1 Å². The topological polar surface area (TPSA) is 47.6 Å². The lowest BCUT2D eigenvalue weighted by molar-refractivity contribution is 1.12. The number of benzene rings is 2. The van der Waals surface area contributed by atoms with Crippen LogP contribution in [0.15, 0.2) is 48.5 Å². The molecule has 0 aliphatic heterocycles. The Labute approximate surface area is 148 Å². The van der Waals surface area contributed by atoms with E-state index in [1.807, 2.05) is 50.2 Å². The molecule has 0 aliphatic carbocycles. The van der Waals surface area contributed by atoms with Gasteiger partial charge in [0.2, 0.25) is 0 Å². The van der Waals surface area contributed by atoms with Crippen LogP contribution in [0, 0.1) is 22.7 Å². The third kappa shape index (κ3) is 6.02. The molecule has 0 N–H and O–H groups in total. The zero-order chi connectivity index (χ0) is 16.5. The number of rotatable bonds is 2. The Hall–Kier alpha value is -1.62. The minimum absolute atomic E-state index is 0.316. The van der Waals surface area contributed by atoms with Crippen LogP contribution < -0.4 is 0 Å². The first-order chi connectivity index (χ1) is 10.5. The molecular weight excluding hydrogens is 404 g/mol. The van der Waals surface area contributed by atoms with Crippen LogP contribution in [0.4, 0.5) is 0 Å². The van der Waals surface area contributed by atoms with E-state index in [0.29, 0.717) is 20.8 Å². The largest absolute Gasteiger partial charge is 0.192 e. The second-order valence-electron chi connectivity index (χ2n) is 4.71. The van der Waals surface area contributed by atoms with Crippen molar-refractivity contribution in [3.05, 3.63) is 70.8 Å². The number of nitriles is 2. The molecule has 0 saturated carbocycles. The maximum Gasteiger partial charge on any atom is 0.0991 e. The van der Waals surface area contributed by atoms with Crippen molar-refractivity contribution in [3.63, 3.8) is 0 Å². The fourth-order valence-corrected chi connectivity index (χ4v) is 2.28. The average Bonchev–Trinajstić information content (AvgIpc) is 2.55. The number of alkyl halides is 2. The highest BCUT2D eigenvalue weighted by molar-refractivity contribution is 9.09. The van der Waals surface area contributed by atoms with Gasteiger partial charge >= 0.3 is 0 Å². The van der Waals surface area contributed by atoms with Gasteiger partial charge in [-0.15, -0.1) is 0 Å². The molecule has 112 valence electrons. The van der Waals surface area contributed by atoms with Crippen LogP contribution >= 0.6 is 31.9 Å². The molecule has 2 unspecified atom stereocenters. The van der Waals surface area contributed by atoms with Crippen molar-refractivity contribution in [1.29, 1.82) is 10.5 Å². The Morgan fingerprint density at radius 2 is 1.14 bits per heavy atom. The monoisotopic (exact) mass is 418 g/mol. The Balaban J connectivity index is 0.000000220. The van der Waals surface area contributed by atoms with E-state index in [1.165, 1.54) is 0 Å². The fraction of sp³-hybridized carbons (Fsp3) is 0.222. The summed E-state index contributed by atoms with van der Waals surface area (Å²) >= 11 is 6.87. The summed E-state index contributed by atoms with van der Waals surface area (Å²) in [6, 6.07) is 19.4. The highest BCUT2D eigenvalue weighted by atomic mass is 79.9. The molecule has 0 radical (unpaired) electrons. The number of nitrogens with zero attached hydrogens (tertiary/aromatic N) is 2. The first kappa shape index (κ1) is 18.4. The molecule has 22 heavy (non-hydrogen) atoms. The predicted octanol–water partition coefficient (Wildman–Crippen LogP) is 6.03. The smallest absolute Gasteiger partial charge is 0.0991 e.